The van der Waals surface area contributed by atoms with Gasteiger partial charge >= 0.3 is 0 Å². The van der Waals surface area contributed by atoms with Crippen molar-refractivity contribution in [2.45, 2.75) is 38.3 Å². The first-order valence-corrected chi connectivity index (χ1v) is 9.26. The molecule has 27 heavy (non-hydrogen) atoms. The number of rotatable bonds is 2. The van der Waals surface area contributed by atoms with E-state index in [1.807, 2.05) is 6.92 Å². The van der Waals surface area contributed by atoms with E-state index in [2.05, 4.69) is 10.5 Å². The van der Waals surface area contributed by atoms with E-state index in [-0.39, 0.29) is 23.8 Å². The lowest BCUT2D eigenvalue weighted by atomic mass is 10.1. The molecule has 0 bridgehead atoms. The van der Waals surface area contributed by atoms with Crippen molar-refractivity contribution in [2.24, 2.45) is 0 Å². The van der Waals surface area contributed by atoms with Crippen molar-refractivity contribution in [3.8, 4) is 0 Å². The molecule has 4 rings (SSSR count). The third-order valence-electron chi connectivity index (χ3n) is 5.31. The molecular formula is C19H22N4O4. The highest BCUT2D eigenvalue weighted by Crippen LogP contribution is 2.20. The fourth-order valence-corrected chi connectivity index (χ4v) is 3.86. The Bertz CT molecular complexity index is 893. The summed E-state index contributed by atoms with van der Waals surface area (Å²) in [6.07, 6.45) is 3.24. The molecule has 8 heteroatoms. The van der Waals surface area contributed by atoms with E-state index < -0.39 is 6.04 Å². The molecule has 2 aromatic rings. The molecule has 0 saturated carbocycles. The van der Waals surface area contributed by atoms with Crippen molar-refractivity contribution in [2.75, 3.05) is 19.6 Å². The summed E-state index contributed by atoms with van der Waals surface area (Å²) < 4.78 is 5.08. The Hall–Kier alpha value is -2.90. The predicted octanol–water partition coefficient (Wildman–Crippen LogP) is 1.17. The van der Waals surface area contributed by atoms with Crippen LogP contribution >= 0.6 is 0 Å². The number of hydrogen-bond acceptors (Lipinski definition) is 5. The van der Waals surface area contributed by atoms with Gasteiger partial charge in [-0.2, -0.15) is 0 Å². The van der Waals surface area contributed by atoms with Gasteiger partial charge in [-0.25, -0.2) is 0 Å². The standard InChI is InChI=1S/C19H22N4O4/c1-12-11-22(18(25)13-3-5-16-14(9-13)10-20-27-16)7-2-8-23(12)19(26)15-4-6-17(24)21-15/h3,5,9-10,12,15H,2,4,6-8,11H2,1H3,(H,21,24)/t12-,15-/m1/s1. The lowest BCUT2D eigenvalue weighted by molar-refractivity contribution is -0.136. The summed E-state index contributed by atoms with van der Waals surface area (Å²) in [4.78, 5) is 40.7. The van der Waals surface area contributed by atoms with Crippen LogP contribution in [-0.4, -0.2) is 64.4 Å². The van der Waals surface area contributed by atoms with Gasteiger partial charge < -0.3 is 19.6 Å². The molecule has 2 fully saturated rings. The highest BCUT2D eigenvalue weighted by Gasteiger charge is 2.35. The van der Waals surface area contributed by atoms with E-state index in [4.69, 9.17) is 4.52 Å². The van der Waals surface area contributed by atoms with E-state index in [0.29, 0.717) is 50.0 Å². The molecule has 142 valence electrons. The van der Waals surface area contributed by atoms with Crippen molar-refractivity contribution < 1.29 is 18.9 Å². The smallest absolute Gasteiger partial charge is 0.253 e. The summed E-state index contributed by atoms with van der Waals surface area (Å²) in [6.45, 7) is 3.59. The van der Waals surface area contributed by atoms with Crippen LogP contribution in [0.4, 0.5) is 0 Å². The SMILES string of the molecule is C[C@@H]1CN(C(=O)c2ccc3oncc3c2)CCCN1C(=O)[C@H]1CCC(=O)N1. The number of carbonyl (C=O) groups excluding carboxylic acids is 3. The molecule has 2 aliphatic rings. The maximum atomic E-state index is 13.0. The molecule has 0 radical (unpaired) electrons. The highest BCUT2D eigenvalue weighted by atomic mass is 16.5. The summed E-state index contributed by atoms with van der Waals surface area (Å²) >= 11 is 0. The molecule has 2 atom stereocenters. The van der Waals surface area contributed by atoms with Crippen molar-refractivity contribution in [3.05, 3.63) is 30.0 Å². The molecule has 1 N–H and O–H groups in total. The molecule has 8 nitrogen and oxygen atoms in total. The maximum Gasteiger partial charge on any atom is 0.253 e. The number of carbonyl (C=O) groups is 3. The Morgan fingerprint density at radius 1 is 1.30 bits per heavy atom. The van der Waals surface area contributed by atoms with Gasteiger partial charge in [0.15, 0.2) is 5.58 Å². The monoisotopic (exact) mass is 370 g/mol. The second-order valence-electron chi connectivity index (χ2n) is 7.22. The number of amides is 3. The van der Waals surface area contributed by atoms with Crippen LogP contribution in [0.1, 0.15) is 36.5 Å². The number of nitrogens with one attached hydrogen (secondary N) is 1. The summed E-state index contributed by atoms with van der Waals surface area (Å²) in [6, 6.07) is 4.72. The average molecular weight is 370 g/mol. The van der Waals surface area contributed by atoms with Gasteiger partial charge in [0, 0.05) is 43.0 Å². The summed E-state index contributed by atoms with van der Waals surface area (Å²) in [5, 5.41) is 7.27. The highest BCUT2D eigenvalue weighted by molar-refractivity contribution is 5.97. The van der Waals surface area contributed by atoms with E-state index in [1.54, 1.807) is 34.2 Å². The van der Waals surface area contributed by atoms with Crippen LogP contribution in [0.25, 0.3) is 11.0 Å². The van der Waals surface area contributed by atoms with Crippen LogP contribution in [0.5, 0.6) is 0 Å². The van der Waals surface area contributed by atoms with Gasteiger partial charge in [-0.05, 0) is 38.0 Å². The third-order valence-corrected chi connectivity index (χ3v) is 5.31. The molecule has 0 spiro atoms. The number of nitrogens with zero attached hydrogens (tertiary/aromatic N) is 3. The second-order valence-corrected chi connectivity index (χ2v) is 7.22. The first-order valence-electron chi connectivity index (χ1n) is 9.26. The fraction of sp³-hybridized carbons (Fsp3) is 0.474. The predicted molar refractivity (Wildman–Crippen MR) is 96.9 cm³/mol. The largest absolute Gasteiger partial charge is 0.356 e. The molecule has 1 aromatic heterocycles. The van der Waals surface area contributed by atoms with E-state index in [9.17, 15) is 14.4 Å². The second kappa shape index (κ2) is 7.02. The van der Waals surface area contributed by atoms with Crippen molar-refractivity contribution in [1.82, 2.24) is 20.3 Å². The van der Waals surface area contributed by atoms with Gasteiger partial charge in [0.05, 0.1) is 6.20 Å². The van der Waals surface area contributed by atoms with Crippen LogP contribution in [0.15, 0.2) is 28.9 Å². The van der Waals surface area contributed by atoms with Gasteiger partial charge in [0.2, 0.25) is 11.8 Å². The minimum atomic E-state index is -0.432. The van der Waals surface area contributed by atoms with Crippen LogP contribution in [0.3, 0.4) is 0 Å². The zero-order valence-corrected chi connectivity index (χ0v) is 15.2. The normalized spacial score (nSPS) is 23.4. The van der Waals surface area contributed by atoms with Crippen LogP contribution in [0, 0.1) is 0 Å². The van der Waals surface area contributed by atoms with Crippen LogP contribution in [-0.2, 0) is 9.59 Å². The maximum absolute atomic E-state index is 13.0. The van der Waals surface area contributed by atoms with Gasteiger partial charge in [-0.15, -0.1) is 0 Å². The van der Waals surface area contributed by atoms with Crippen molar-refractivity contribution in [3.63, 3.8) is 0 Å². The molecular weight excluding hydrogens is 348 g/mol. The Kier molecular flexibility index (Phi) is 4.55. The summed E-state index contributed by atoms with van der Waals surface area (Å²) in [5.74, 6) is -0.182. The number of hydrogen-bond donors (Lipinski definition) is 1. The summed E-state index contributed by atoms with van der Waals surface area (Å²) in [7, 11) is 0. The van der Waals surface area contributed by atoms with Crippen molar-refractivity contribution >= 4 is 28.7 Å². The minimum Gasteiger partial charge on any atom is -0.356 e. The summed E-state index contributed by atoms with van der Waals surface area (Å²) in [5.41, 5.74) is 1.23. The first-order chi connectivity index (χ1) is 13.0. The number of aromatic nitrogens is 1. The average Bonchev–Trinajstić information content (AvgIpc) is 3.26. The minimum absolute atomic E-state index is 0.0476. The number of fused-ring (bicyclic) bond motifs is 1. The van der Waals surface area contributed by atoms with Crippen LogP contribution in [0.2, 0.25) is 0 Å². The lowest BCUT2D eigenvalue weighted by Crippen LogP contribution is -2.50. The third kappa shape index (κ3) is 3.39. The van der Waals surface area contributed by atoms with Gasteiger partial charge in [-0.1, -0.05) is 5.16 Å². The molecule has 3 amide bonds. The zero-order chi connectivity index (χ0) is 19.0. The molecule has 0 unspecified atom stereocenters. The zero-order valence-electron chi connectivity index (χ0n) is 15.2. The molecule has 1 aromatic carbocycles. The molecule has 3 heterocycles. The van der Waals surface area contributed by atoms with Gasteiger partial charge in [-0.3, -0.25) is 14.4 Å². The molecule has 0 aliphatic carbocycles. The van der Waals surface area contributed by atoms with E-state index in [1.165, 1.54) is 0 Å². The number of benzene rings is 1. The fourth-order valence-electron chi connectivity index (χ4n) is 3.86. The van der Waals surface area contributed by atoms with Crippen LogP contribution < -0.4 is 5.32 Å². The Balaban J connectivity index is 1.47. The molecule has 2 saturated heterocycles. The Morgan fingerprint density at radius 2 is 2.15 bits per heavy atom. The van der Waals surface area contributed by atoms with Gasteiger partial charge in [0.25, 0.3) is 5.91 Å². The van der Waals surface area contributed by atoms with Crippen molar-refractivity contribution in [1.29, 1.82) is 0 Å². The Labute approximate surface area is 156 Å². The first kappa shape index (κ1) is 17.5. The molecule has 2 aliphatic heterocycles. The van der Waals surface area contributed by atoms with E-state index in [0.717, 1.165) is 5.39 Å². The Morgan fingerprint density at radius 3 is 2.93 bits per heavy atom. The van der Waals surface area contributed by atoms with Gasteiger partial charge in [0.1, 0.15) is 6.04 Å². The topological polar surface area (TPSA) is 95.8 Å². The quantitative estimate of drug-likeness (QED) is 0.856. The van der Waals surface area contributed by atoms with E-state index >= 15 is 0 Å². The lowest BCUT2D eigenvalue weighted by Gasteiger charge is -2.31.